The van der Waals surface area contributed by atoms with Gasteiger partial charge in [0.25, 0.3) is 5.91 Å². The van der Waals surface area contributed by atoms with Crippen LogP contribution in [0.1, 0.15) is 10.5 Å². The van der Waals surface area contributed by atoms with Crippen LogP contribution < -0.4 is 14.8 Å². The number of thiazole rings is 1. The van der Waals surface area contributed by atoms with Gasteiger partial charge in [-0.15, -0.1) is 11.3 Å². The highest BCUT2D eigenvalue weighted by molar-refractivity contribution is 7.14. The quantitative estimate of drug-likeness (QED) is 0.940. The maximum absolute atomic E-state index is 11.8. The van der Waals surface area contributed by atoms with E-state index in [-0.39, 0.29) is 12.7 Å². The van der Waals surface area contributed by atoms with Crippen molar-refractivity contribution >= 4 is 28.1 Å². The number of nitrogens with zero attached hydrogens (tertiary/aromatic N) is 2. The molecule has 2 aromatic rings. The predicted molar refractivity (Wildman–Crippen MR) is 76.0 cm³/mol. The molecule has 0 atom stereocenters. The Hall–Kier alpha value is -2.28. The van der Waals surface area contributed by atoms with Crippen molar-refractivity contribution < 1.29 is 14.3 Å². The van der Waals surface area contributed by atoms with Crippen LogP contribution in [0.2, 0.25) is 0 Å². The highest BCUT2D eigenvalue weighted by atomic mass is 32.1. The van der Waals surface area contributed by atoms with Gasteiger partial charge in [0.2, 0.25) is 6.79 Å². The first kappa shape index (κ1) is 12.7. The third-order valence-corrected chi connectivity index (χ3v) is 3.51. The van der Waals surface area contributed by atoms with E-state index >= 15 is 0 Å². The smallest absolute Gasteiger partial charge is 0.272 e. The van der Waals surface area contributed by atoms with E-state index in [0.717, 1.165) is 11.4 Å². The van der Waals surface area contributed by atoms with Crippen LogP contribution in [-0.2, 0) is 0 Å². The third kappa shape index (κ3) is 2.39. The van der Waals surface area contributed by atoms with Crippen LogP contribution in [0.3, 0.4) is 0 Å². The van der Waals surface area contributed by atoms with Crippen LogP contribution in [0.25, 0.3) is 0 Å². The number of rotatable bonds is 3. The van der Waals surface area contributed by atoms with Crippen LogP contribution in [0.15, 0.2) is 23.6 Å². The maximum Gasteiger partial charge on any atom is 0.272 e. The van der Waals surface area contributed by atoms with Gasteiger partial charge in [-0.05, 0) is 12.1 Å². The number of ether oxygens (including phenoxy) is 2. The SMILES string of the molecule is CN(C)C(=O)c1csc(Nc2ccc3c(c2)OCO3)n1. The molecule has 1 aromatic carbocycles. The Balaban J connectivity index is 1.77. The van der Waals surface area contributed by atoms with Crippen molar-refractivity contribution in [3.63, 3.8) is 0 Å². The zero-order chi connectivity index (χ0) is 14.1. The first-order chi connectivity index (χ1) is 9.63. The van der Waals surface area contributed by atoms with Gasteiger partial charge in [0.05, 0.1) is 0 Å². The Morgan fingerprint density at radius 1 is 1.35 bits per heavy atom. The van der Waals surface area contributed by atoms with Crippen molar-refractivity contribution in [1.29, 1.82) is 0 Å². The summed E-state index contributed by atoms with van der Waals surface area (Å²) in [5.74, 6) is 1.33. The van der Waals surface area contributed by atoms with Crippen LogP contribution in [-0.4, -0.2) is 36.7 Å². The fourth-order valence-corrected chi connectivity index (χ4v) is 2.46. The third-order valence-electron chi connectivity index (χ3n) is 2.75. The molecule has 7 heteroatoms. The molecule has 3 rings (SSSR count). The molecule has 0 saturated carbocycles. The zero-order valence-corrected chi connectivity index (χ0v) is 11.9. The van der Waals surface area contributed by atoms with E-state index in [1.807, 2.05) is 18.2 Å². The molecule has 0 fully saturated rings. The van der Waals surface area contributed by atoms with Crippen LogP contribution in [0, 0.1) is 0 Å². The van der Waals surface area contributed by atoms with Crippen molar-refractivity contribution in [1.82, 2.24) is 9.88 Å². The highest BCUT2D eigenvalue weighted by Gasteiger charge is 2.15. The fourth-order valence-electron chi connectivity index (χ4n) is 1.76. The lowest BCUT2D eigenvalue weighted by molar-refractivity contribution is 0.0823. The van der Waals surface area contributed by atoms with E-state index in [4.69, 9.17) is 9.47 Å². The summed E-state index contributed by atoms with van der Waals surface area (Å²) < 4.78 is 10.6. The van der Waals surface area contributed by atoms with Crippen LogP contribution >= 0.6 is 11.3 Å². The number of benzene rings is 1. The molecular formula is C13H13N3O3S. The summed E-state index contributed by atoms with van der Waals surface area (Å²) in [6.45, 7) is 0.248. The van der Waals surface area contributed by atoms with Gasteiger partial charge in [-0.1, -0.05) is 0 Å². The Morgan fingerprint density at radius 2 is 2.15 bits per heavy atom. The Morgan fingerprint density at radius 3 is 2.95 bits per heavy atom. The number of aromatic nitrogens is 1. The van der Waals surface area contributed by atoms with Gasteiger partial charge >= 0.3 is 0 Å². The van der Waals surface area contributed by atoms with Crippen molar-refractivity contribution in [2.75, 3.05) is 26.2 Å². The lowest BCUT2D eigenvalue weighted by Gasteiger charge is -2.07. The molecule has 0 aliphatic carbocycles. The molecule has 1 aliphatic rings. The van der Waals surface area contributed by atoms with E-state index in [1.165, 1.54) is 16.2 Å². The van der Waals surface area contributed by atoms with E-state index in [2.05, 4.69) is 10.3 Å². The van der Waals surface area contributed by atoms with Gasteiger partial charge in [-0.3, -0.25) is 4.79 Å². The predicted octanol–water partition coefficient (Wildman–Crippen LogP) is 2.32. The summed E-state index contributed by atoms with van der Waals surface area (Å²) in [4.78, 5) is 17.5. The van der Waals surface area contributed by atoms with Gasteiger partial charge in [-0.2, -0.15) is 0 Å². The van der Waals surface area contributed by atoms with Crippen LogP contribution in [0.5, 0.6) is 11.5 Å². The summed E-state index contributed by atoms with van der Waals surface area (Å²) in [7, 11) is 3.40. The summed E-state index contributed by atoms with van der Waals surface area (Å²) in [6.07, 6.45) is 0. The largest absolute Gasteiger partial charge is 0.454 e. The van der Waals surface area contributed by atoms with Gasteiger partial charge in [0.15, 0.2) is 16.6 Å². The molecule has 1 aromatic heterocycles. The Bertz CT molecular complexity index is 654. The normalized spacial score (nSPS) is 12.3. The zero-order valence-electron chi connectivity index (χ0n) is 11.0. The first-order valence-electron chi connectivity index (χ1n) is 5.97. The second-order valence-corrected chi connectivity index (χ2v) is 5.29. The molecule has 104 valence electrons. The number of carbonyl (C=O) groups is 1. The lowest BCUT2D eigenvalue weighted by atomic mass is 10.3. The van der Waals surface area contributed by atoms with E-state index in [0.29, 0.717) is 16.6 Å². The van der Waals surface area contributed by atoms with Gasteiger partial charge in [0, 0.05) is 31.2 Å². The summed E-state index contributed by atoms with van der Waals surface area (Å²) in [6, 6.07) is 5.56. The molecule has 0 spiro atoms. The standard InChI is InChI=1S/C13H13N3O3S/c1-16(2)12(17)9-6-20-13(15-9)14-8-3-4-10-11(5-8)19-7-18-10/h3-6H,7H2,1-2H3,(H,14,15). The minimum Gasteiger partial charge on any atom is -0.454 e. The molecule has 6 nitrogen and oxygen atoms in total. The van der Waals surface area contributed by atoms with Gasteiger partial charge in [0.1, 0.15) is 5.69 Å². The summed E-state index contributed by atoms with van der Waals surface area (Å²) in [5.41, 5.74) is 1.27. The Kier molecular flexibility index (Phi) is 3.19. The second-order valence-electron chi connectivity index (χ2n) is 4.43. The Labute approximate surface area is 120 Å². The number of nitrogens with one attached hydrogen (secondary N) is 1. The van der Waals surface area contributed by atoms with Crippen molar-refractivity contribution in [3.05, 3.63) is 29.3 Å². The second kappa shape index (κ2) is 5.01. The molecule has 2 heterocycles. The molecule has 1 amide bonds. The molecule has 0 radical (unpaired) electrons. The first-order valence-corrected chi connectivity index (χ1v) is 6.85. The van der Waals surface area contributed by atoms with Crippen molar-refractivity contribution in [2.24, 2.45) is 0 Å². The number of hydrogen-bond acceptors (Lipinski definition) is 6. The van der Waals surface area contributed by atoms with Crippen molar-refractivity contribution in [3.8, 4) is 11.5 Å². The van der Waals surface area contributed by atoms with Crippen molar-refractivity contribution in [2.45, 2.75) is 0 Å². The lowest BCUT2D eigenvalue weighted by Crippen LogP contribution is -2.21. The fraction of sp³-hybridized carbons (Fsp3) is 0.231. The number of fused-ring (bicyclic) bond motifs is 1. The minimum atomic E-state index is -0.111. The summed E-state index contributed by atoms with van der Waals surface area (Å²) >= 11 is 1.38. The van der Waals surface area contributed by atoms with E-state index < -0.39 is 0 Å². The molecule has 1 N–H and O–H groups in total. The van der Waals surface area contributed by atoms with E-state index in [1.54, 1.807) is 19.5 Å². The molecule has 0 unspecified atom stereocenters. The number of carbonyl (C=O) groups excluding carboxylic acids is 1. The molecule has 1 aliphatic heterocycles. The number of amides is 1. The average Bonchev–Trinajstić information content (AvgIpc) is 3.06. The topological polar surface area (TPSA) is 63.7 Å². The monoisotopic (exact) mass is 291 g/mol. The minimum absolute atomic E-state index is 0.111. The molecule has 20 heavy (non-hydrogen) atoms. The number of anilines is 2. The summed E-state index contributed by atoms with van der Waals surface area (Å²) in [5, 5.41) is 5.54. The van der Waals surface area contributed by atoms with E-state index in [9.17, 15) is 4.79 Å². The van der Waals surface area contributed by atoms with Gasteiger partial charge < -0.3 is 19.7 Å². The molecule has 0 bridgehead atoms. The van der Waals surface area contributed by atoms with Crippen LogP contribution in [0.4, 0.5) is 10.8 Å². The molecule has 0 saturated heterocycles. The number of hydrogen-bond donors (Lipinski definition) is 1. The highest BCUT2D eigenvalue weighted by Crippen LogP contribution is 2.35. The maximum atomic E-state index is 11.8. The van der Waals surface area contributed by atoms with Gasteiger partial charge in [-0.25, -0.2) is 4.98 Å². The average molecular weight is 291 g/mol. The molecular weight excluding hydrogens is 278 g/mol.